The average Bonchev–Trinajstić information content (AvgIpc) is 2.60. The zero-order chi connectivity index (χ0) is 20.6. The molecule has 4 nitrogen and oxygen atoms in total. The standard InChI is InChI=1S/C23H24ClNO3/c1-13-10-11-15(12-17(13)24)20-16-8-6-7-9-18(16)25-14(2)19(20)21(22(26)27)28-23(3,4)5/h6-12,21H,1-5H3,(H,26,27)/t21-/m0/s1. The molecule has 3 rings (SSSR count). The highest BCUT2D eigenvalue weighted by atomic mass is 35.5. The van der Waals surface area contributed by atoms with Gasteiger partial charge in [0.15, 0.2) is 6.10 Å². The second-order valence-electron chi connectivity index (χ2n) is 7.92. The SMILES string of the molecule is Cc1ccc(-c2c([C@H](OC(C)(C)C)C(=O)O)c(C)nc3ccccc23)cc1Cl. The number of carboxylic acid groups (broad SMARTS) is 1. The highest BCUT2D eigenvalue weighted by Gasteiger charge is 2.32. The van der Waals surface area contributed by atoms with Crippen LogP contribution in [0.15, 0.2) is 42.5 Å². The van der Waals surface area contributed by atoms with Gasteiger partial charge in [0.1, 0.15) is 0 Å². The van der Waals surface area contributed by atoms with Crippen LogP contribution < -0.4 is 0 Å². The van der Waals surface area contributed by atoms with Crippen molar-refractivity contribution in [3.05, 3.63) is 64.3 Å². The van der Waals surface area contributed by atoms with Crippen molar-refractivity contribution in [3.63, 3.8) is 0 Å². The van der Waals surface area contributed by atoms with Crippen LogP contribution in [0.2, 0.25) is 5.02 Å². The molecule has 2 aromatic carbocycles. The van der Waals surface area contributed by atoms with Gasteiger partial charge < -0.3 is 9.84 Å². The highest BCUT2D eigenvalue weighted by molar-refractivity contribution is 6.31. The Morgan fingerprint density at radius 1 is 1.14 bits per heavy atom. The smallest absolute Gasteiger partial charge is 0.337 e. The molecule has 1 N–H and O–H groups in total. The molecule has 3 aromatic rings. The molecule has 1 heterocycles. The molecule has 0 fully saturated rings. The molecule has 1 atom stereocenters. The summed E-state index contributed by atoms with van der Waals surface area (Å²) >= 11 is 6.39. The van der Waals surface area contributed by atoms with E-state index in [1.54, 1.807) is 0 Å². The summed E-state index contributed by atoms with van der Waals surface area (Å²) in [6, 6.07) is 13.5. The number of carbonyl (C=O) groups is 1. The number of hydrogen-bond acceptors (Lipinski definition) is 3. The summed E-state index contributed by atoms with van der Waals surface area (Å²) < 4.78 is 5.96. The Hall–Kier alpha value is -2.43. The maximum atomic E-state index is 12.2. The zero-order valence-corrected chi connectivity index (χ0v) is 17.5. The number of para-hydroxylation sites is 1. The van der Waals surface area contributed by atoms with E-state index in [2.05, 4.69) is 4.98 Å². The molecule has 0 spiro atoms. The average molecular weight is 398 g/mol. The minimum atomic E-state index is -1.15. The molecule has 146 valence electrons. The number of halogens is 1. The first-order valence-corrected chi connectivity index (χ1v) is 9.52. The van der Waals surface area contributed by atoms with Crippen LogP contribution in [-0.2, 0) is 9.53 Å². The van der Waals surface area contributed by atoms with Crippen molar-refractivity contribution >= 4 is 28.5 Å². The lowest BCUT2D eigenvalue weighted by Crippen LogP contribution is -2.28. The number of pyridine rings is 1. The van der Waals surface area contributed by atoms with Crippen LogP contribution in [0.4, 0.5) is 0 Å². The number of aromatic nitrogens is 1. The number of benzene rings is 2. The Labute approximate surface area is 170 Å². The van der Waals surface area contributed by atoms with Crippen molar-refractivity contribution in [3.8, 4) is 11.1 Å². The monoisotopic (exact) mass is 397 g/mol. The van der Waals surface area contributed by atoms with Gasteiger partial charge in [-0.1, -0.05) is 41.9 Å². The number of ether oxygens (including phenoxy) is 1. The van der Waals surface area contributed by atoms with E-state index in [0.717, 1.165) is 27.6 Å². The fourth-order valence-corrected chi connectivity index (χ4v) is 3.50. The summed E-state index contributed by atoms with van der Waals surface area (Å²) in [4.78, 5) is 16.9. The van der Waals surface area contributed by atoms with Crippen molar-refractivity contribution in [1.82, 2.24) is 4.98 Å². The summed E-state index contributed by atoms with van der Waals surface area (Å²) in [5, 5.41) is 11.5. The first kappa shape index (κ1) is 20.3. The van der Waals surface area contributed by atoms with Gasteiger partial charge in [0.25, 0.3) is 0 Å². The molecule has 0 aliphatic carbocycles. The predicted molar refractivity (Wildman–Crippen MR) is 113 cm³/mol. The predicted octanol–water partition coefficient (Wildman–Crippen LogP) is 6.11. The summed E-state index contributed by atoms with van der Waals surface area (Å²) in [6.45, 7) is 9.29. The van der Waals surface area contributed by atoms with Gasteiger partial charge in [0.2, 0.25) is 0 Å². The third-order valence-corrected chi connectivity index (χ3v) is 4.95. The second kappa shape index (κ2) is 7.53. The summed E-state index contributed by atoms with van der Waals surface area (Å²) in [5.74, 6) is -1.05. The van der Waals surface area contributed by atoms with E-state index in [1.807, 2.05) is 77.1 Å². The number of carboxylic acids is 1. The molecule has 0 amide bonds. The van der Waals surface area contributed by atoms with Crippen LogP contribution >= 0.6 is 11.6 Å². The Bertz CT molecular complexity index is 1050. The van der Waals surface area contributed by atoms with Gasteiger partial charge in [-0.15, -0.1) is 0 Å². The van der Waals surface area contributed by atoms with E-state index in [-0.39, 0.29) is 0 Å². The van der Waals surface area contributed by atoms with Crippen LogP contribution in [0.5, 0.6) is 0 Å². The number of aryl methyl sites for hydroxylation is 2. The van der Waals surface area contributed by atoms with E-state index in [1.165, 1.54) is 0 Å². The van der Waals surface area contributed by atoms with Crippen molar-refractivity contribution in [2.45, 2.75) is 46.3 Å². The molecule has 0 radical (unpaired) electrons. The molecular formula is C23H24ClNO3. The second-order valence-corrected chi connectivity index (χ2v) is 8.32. The molecule has 5 heteroatoms. The molecule has 0 unspecified atom stereocenters. The minimum absolute atomic E-state index is 0.557. The maximum Gasteiger partial charge on any atom is 0.337 e. The molecule has 0 aliphatic heterocycles. The van der Waals surface area contributed by atoms with E-state index >= 15 is 0 Å². The van der Waals surface area contributed by atoms with E-state index in [0.29, 0.717) is 16.3 Å². The lowest BCUT2D eigenvalue weighted by Gasteiger charge is -2.28. The fraction of sp³-hybridized carbons (Fsp3) is 0.304. The van der Waals surface area contributed by atoms with E-state index < -0.39 is 17.7 Å². The van der Waals surface area contributed by atoms with Crippen molar-refractivity contribution in [2.24, 2.45) is 0 Å². The summed E-state index contributed by atoms with van der Waals surface area (Å²) in [6.07, 6.45) is -1.15. The van der Waals surface area contributed by atoms with Gasteiger partial charge in [-0.2, -0.15) is 0 Å². The van der Waals surface area contributed by atoms with E-state index in [9.17, 15) is 9.90 Å². The van der Waals surface area contributed by atoms with Crippen LogP contribution in [-0.4, -0.2) is 21.7 Å². The van der Waals surface area contributed by atoms with Crippen LogP contribution in [0.25, 0.3) is 22.0 Å². The normalized spacial score (nSPS) is 12.9. The third kappa shape index (κ3) is 4.03. The Morgan fingerprint density at radius 3 is 2.43 bits per heavy atom. The molecule has 0 aliphatic rings. The fourth-order valence-electron chi connectivity index (χ4n) is 3.32. The van der Waals surface area contributed by atoms with Gasteiger partial charge in [0.05, 0.1) is 11.1 Å². The number of hydrogen-bond donors (Lipinski definition) is 1. The Balaban J connectivity index is 2.40. The third-order valence-electron chi connectivity index (χ3n) is 4.54. The number of nitrogens with zero attached hydrogens (tertiary/aromatic N) is 1. The number of rotatable bonds is 4. The highest BCUT2D eigenvalue weighted by Crippen LogP contribution is 2.40. The first-order chi connectivity index (χ1) is 13.1. The van der Waals surface area contributed by atoms with Crippen LogP contribution in [0, 0.1) is 13.8 Å². The van der Waals surface area contributed by atoms with Crippen molar-refractivity contribution in [2.75, 3.05) is 0 Å². The number of aliphatic carboxylic acids is 1. The minimum Gasteiger partial charge on any atom is -0.479 e. The summed E-state index contributed by atoms with van der Waals surface area (Å²) in [7, 11) is 0. The Kier molecular flexibility index (Phi) is 5.46. The molecule has 0 saturated carbocycles. The van der Waals surface area contributed by atoms with Gasteiger partial charge in [-0.3, -0.25) is 4.98 Å². The van der Waals surface area contributed by atoms with Crippen molar-refractivity contribution in [1.29, 1.82) is 0 Å². The Morgan fingerprint density at radius 2 is 1.82 bits per heavy atom. The lowest BCUT2D eigenvalue weighted by molar-refractivity contribution is -0.160. The molecule has 0 saturated heterocycles. The largest absolute Gasteiger partial charge is 0.479 e. The molecule has 1 aromatic heterocycles. The lowest BCUT2D eigenvalue weighted by atomic mass is 9.90. The first-order valence-electron chi connectivity index (χ1n) is 9.15. The van der Waals surface area contributed by atoms with Gasteiger partial charge in [-0.05, 0) is 63.4 Å². The van der Waals surface area contributed by atoms with E-state index in [4.69, 9.17) is 16.3 Å². The van der Waals surface area contributed by atoms with Crippen LogP contribution in [0.1, 0.15) is 43.7 Å². The maximum absolute atomic E-state index is 12.2. The van der Waals surface area contributed by atoms with Crippen molar-refractivity contribution < 1.29 is 14.6 Å². The van der Waals surface area contributed by atoms with Gasteiger partial charge in [0, 0.05) is 21.7 Å². The molecule has 0 bridgehead atoms. The number of fused-ring (bicyclic) bond motifs is 1. The van der Waals surface area contributed by atoms with Crippen LogP contribution in [0.3, 0.4) is 0 Å². The topological polar surface area (TPSA) is 59.4 Å². The zero-order valence-electron chi connectivity index (χ0n) is 16.7. The van der Waals surface area contributed by atoms with Gasteiger partial charge in [-0.25, -0.2) is 4.79 Å². The molecular weight excluding hydrogens is 374 g/mol. The summed E-state index contributed by atoms with van der Waals surface area (Å²) in [5.41, 5.74) is 3.95. The molecule has 28 heavy (non-hydrogen) atoms. The van der Waals surface area contributed by atoms with Gasteiger partial charge >= 0.3 is 5.97 Å². The quantitative estimate of drug-likeness (QED) is 0.576.